The van der Waals surface area contributed by atoms with Crippen molar-refractivity contribution in [1.29, 1.82) is 0 Å². The lowest BCUT2D eigenvalue weighted by molar-refractivity contribution is 1.43. The van der Waals surface area contributed by atoms with E-state index in [4.69, 9.17) is 0 Å². The zero-order valence-electron chi connectivity index (χ0n) is 4.95. The van der Waals surface area contributed by atoms with E-state index in [0.717, 1.165) is 5.75 Å². The van der Waals surface area contributed by atoms with E-state index in [1.807, 2.05) is 18.2 Å². The van der Waals surface area contributed by atoms with Crippen molar-refractivity contribution in [3.63, 3.8) is 0 Å². The van der Waals surface area contributed by atoms with Crippen LogP contribution in [0.4, 0.5) is 0 Å². The Bertz CT molecular complexity index is 160. The molecule has 0 radical (unpaired) electrons. The van der Waals surface area contributed by atoms with Crippen molar-refractivity contribution in [3.05, 3.63) is 35.9 Å². The summed E-state index contributed by atoms with van der Waals surface area (Å²) in [5.74, 6) is 0.990. The Kier molecular flexibility index (Phi) is 3.01. The van der Waals surface area contributed by atoms with Crippen LogP contribution < -0.4 is 0 Å². The molecule has 0 aliphatic carbocycles. The van der Waals surface area contributed by atoms with Crippen LogP contribution in [0.15, 0.2) is 30.3 Å². The smallest absolute Gasteiger partial charge is 0.0286 e. The Morgan fingerprint density at radius 1 is 1.22 bits per heavy atom. The zero-order chi connectivity index (χ0) is 6.53. The van der Waals surface area contributed by atoms with Crippen molar-refractivity contribution in [3.8, 4) is 0 Å². The largest absolute Gasteiger partial charge is 0.111 e. The Hall–Kier alpha value is -0.0800. The maximum absolute atomic E-state index is 4.05. The van der Waals surface area contributed by atoms with Crippen molar-refractivity contribution in [2.75, 3.05) is 0 Å². The predicted octanol–water partition coefficient (Wildman–Crippen LogP) is 2.76. The van der Waals surface area contributed by atoms with Gasteiger partial charge in [0.05, 0.1) is 0 Å². The van der Waals surface area contributed by atoms with Crippen LogP contribution >= 0.6 is 22.5 Å². The maximum Gasteiger partial charge on any atom is 0.0286 e. The molecule has 0 amide bonds. The lowest BCUT2D eigenvalue weighted by Crippen LogP contribution is -1.73. The molecule has 0 bridgehead atoms. The summed E-state index contributed by atoms with van der Waals surface area (Å²) in [5.41, 5.74) is 1.33. The fraction of sp³-hybridized carbons (Fsp3) is 0.143. The summed E-state index contributed by atoms with van der Waals surface area (Å²) in [6, 6.07) is 10.3. The molecule has 0 aliphatic rings. The highest BCUT2D eigenvalue weighted by Gasteiger charge is 1.85. The summed E-state index contributed by atoms with van der Waals surface area (Å²) < 4.78 is 0. The molecule has 0 saturated heterocycles. The third-order valence-corrected chi connectivity index (χ3v) is 1.92. The molecule has 1 aromatic carbocycles. The average molecular weight is 156 g/mol. The first-order valence-electron chi connectivity index (χ1n) is 2.74. The van der Waals surface area contributed by atoms with Crippen LogP contribution in [0.3, 0.4) is 0 Å². The molecule has 48 valence electrons. The SMILES string of the molecule is SSCc1ccccc1. The van der Waals surface area contributed by atoms with Crippen LogP contribution in [0.5, 0.6) is 0 Å². The van der Waals surface area contributed by atoms with Crippen LogP contribution in [-0.2, 0) is 5.75 Å². The van der Waals surface area contributed by atoms with Gasteiger partial charge in [0.25, 0.3) is 0 Å². The van der Waals surface area contributed by atoms with Gasteiger partial charge in [0.1, 0.15) is 0 Å². The summed E-state index contributed by atoms with van der Waals surface area (Å²) >= 11 is 4.05. The zero-order valence-corrected chi connectivity index (χ0v) is 6.66. The van der Waals surface area contributed by atoms with Gasteiger partial charge in [0.15, 0.2) is 0 Å². The first-order valence-corrected chi connectivity index (χ1v) is 4.77. The highest BCUT2D eigenvalue weighted by molar-refractivity contribution is 8.68. The molecule has 0 aromatic heterocycles. The molecule has 0 heterocycles. The molecule has 0 saturated carbocycles. The topological polar surface area (TPSA) is 0 Å². The lowest BCUT2D eigenvalue weighted by Gasteiger charge is -1.92. The lowest BCUT2D eigenvalue weighted by atomic mass is 10.2. The molecule has 0 atom stereocenters. The molecule has 0 spiro atoms. The third kappa shape index (κ3) is 2.33. The fourth-order valence-electron chi connectivity index (χ4n) is 0.649. The normalized spacial score (nSPS) is 9.44. The first kappa shape index (κ1) is 7.03. The summed E-state index contributed by atoms with van der Waals surface area (Å²) in [4.78, 5) is 0. The summed E-state index contributed by atoms with van der Waals surface area (Å²) in [6.45, 7) is 0. The van der Waals surface area contributed by atoms with E-state index in [1.54, 1.807) is 10.8 Å². The van der Waals surface area contributed by atoms with Crippen molar-refractivity contribution in [2.24, 2.45) is 0 Å². The summed E-state index contributed by atoms with van der Waals surface area (Å²) in [6.07, 6.45) is 0. The second kappa shape index (κ2) is 3.85. The second-order valence-corrected chi connectivity index (χ2v) is 3.08. The van der Waals surface area contributed by atoms with Gasteiger partial charge in [-0.25, -0.2) is 0 Å². The van der Waals surface area contributed by atoms with E-state index in [9.17, 15) is 0 Å². The van der Waals surface area contributed by atoms with Gasteiger partial charge in [-0.05, 0) is 5.56 Å². The Morgan fingerprint density at radius 2 is 1.89 bits per heavy atom. The van der Waals surface area contributed by atoms with Gasteiger partial charge >= 0.3 is 0 Å². The summed E-state index contributed by atoms with van der Waals surface area (Å²) in [7, 11) is 1.55. The van der Waals surface area contributed by atoms with Crippen LogP contribution in [0.1, 0.15) is 5.56 Å². The van der Waals surface area contributed by atoms with Gasteiger partial charge in [-0.2, -0.15) is 0 Å². The van der Waals surface area contributed by atoms with Gasteiger partial charge < -0.3 is 0 Å². The van der Waals surface area contributed by atoms with Crippen LogP contribution in [0, 0.1) is 0 Å². The molecule has 2 heteroatoms. The molecule has 1 aromatic rings. The molecule has 0 aliphatic heterocycles. The van der Waals surface area contributed by atoms with Gasteiger partial charge in [-0.3, -0.25) is 0 Å². The standard InChI is InChI=1S/C7H8S2/c8-9-6-7-4-2-1-3-5-7/h1-5,8H,6H2. The van der Waals surface area contributed by atoms with Gasteiger partial charge in [-0.15, -0.1) is 11.7 Å². The quantitative estimate of drug-likeness (QED) is 0.507. The Balaban J connectivity index is 2.61. The monoisotopic (exact) mass is 156 g/mol. The molecule has 1 rings (SSSR count). The highest BCUT2D eigenvalue weighted by atomic mass is 33.1. The first-order chi connectivity index (χ1) is 4.43. The number of rotatable bonds is 2. The maximum atomic E-state index is 4.05. The Labute approximate surface area is 64.5 Å². The van der Waals surface area contributed by atoms with Gasteiger partial charge in [0.2, 0.25) is 0 Å². The van der Waals surface area contributed by atoms with Crippen molar-refractivity contribution < 1.29 is 0 Å². The fourth-order valence-corrected chi connectivity index (χ4v) is 1.44. The molecular weight excluding hydrogens is 148 g/mol. The van der Waals surface area contributed by atoms with Crippen molar-refractivity contribution in [2.45, 2.75) is 5.75 Å². The molecule has 0 nitrogen and oxygen atoms in total. The van der Waals surface area contributed by atoms with Crippen molar-refractivity contribution in [1.82, 2.24) is 0 Å². The minimum atomic E-state index is 0.990. The number of hydrogen-bond acceptors (Lipinski definition) is 2. The van der Waals surface area contributed by atoms with Crippen LogP contribution in [-0.4, -0.2) is 0 Å². The van der Waals surface area contributed by atoms with Gasteiger partial charge in [-0.1, -0.05) is 41.1 Å². The van der Waals surface area contributed by atoms with Crippen LogP contribution in [0.2, 0.25) is 0 Å². The Morgan fingerprint density at radius 3 is 2.44 bits per heavy atom. The third-order valence-electron chi connectivity index (χ3n) is 1.07. The van der Waals surface area contributed by atoms with E-state index in [-0.39, 0.29) is 0 Å². The molecule has 9 heavy (non-hydrogen) atoms. The number of thiol groups is 1. The predicted molar refractivity (Wildman–Crippen MR) is 46.7 cm³/mol. The van der Waals surface area contributed by atoms with Crippen LogP contribution in [0.25, 0.3) is 0 Å². The molecule has 0 unspecified atom stereocenters. The molecule has 0 N–H and O–H groups in total. The summed E-state index contributed by atoms with van der Waals surface area (Å²) in [5, 5.41) is 0. The highest BCUT2D eigenvalue weighted by Crippen LogP contribution is 2.13. The van der Waals surface area contributed by atoms with E-state index in [1.165, 1.54) is 5.56 Å². The van der Waals surface area contributed by atoms with E-state index in [0.29, 0.717) is 0 Å². The van der Waals surface area contributed by atoms with E-state index < -0.39 is 0 Å². The average Bonchev–Trinajstić information content (AvgIpc) is 1.91. The minimum Gasteiger partial charge on any atom is -0.111 e. The van der Waals surface area contributed by atoms with E-state index >= 15 is 0 Å². The van der Waals surface area contributed by atoms with Crippen molar-refractivity contribution >= 4 is 22.5 Å². The molecule has 0 fully saturated rings. The molecular formula is C7H8S2. The minimum absolute atomic E-state index is 0.990. The second-order valence-electron chi connectivity index (χ2n) is 1.76. The van der Waals surface area contributed by atoms with E-state index in [2.05, 4.69) is 23.8 Å². The number of benzene rings is 1. The number of hydrogen-bond donors (Lipinski definition) is 1. The van der Waals surface area contributed by atoms with Gasteiger partial charge in [0, 0.05) is 5.75 Å².